The molecule has 0 aliphatic heterocycles. The van der Waals surface area contributed by atoms with Gasteiger partial charge in [-0.15, -0.1) is 11.3 Å². The third kappa shape index (κ3) is 4.17. The molecule has 0 aliphatic carbocycles. The predicted molar refractivity (Wildman–Crippen MR) is 121 cm³/mol. The molecule has 4 aromatic rings. The van der Waals surface area contributed by atoms with Crippen LogP contribution < -0.4 is 0 Å². The van der Waals surface area contributed by atoms with E-state index < -0.39 is 0 Å². The summed E-state index contributed by atoms with van der Waals surface area (Å²) < 4.78 is 14.9. The summed E-state index contributed by atoms with van der Waals surface area (Å²) in [6.45, 7) is 4.32. The first-order chi connectivity index (χ1) is 15.5. The van der Waals surface area contributed by atoms with Gasteiger partial charge in [0.2, 0.25) is 0 Å². The molecule has 0 saturated carbocycles. The fraction of sp³-hybridized carbons (Fsp3) is 0.217. The Hall–Kier alpha value is -3.43. The van der Waals surface area contributed by atoms with Crippen molar-refractivity contribution in [1.29, 1.82) is 0 Å². The number of aliphatic hydroxyl groups excluding tert-OH is 1. The largest absolute Gasteiger partial charge is 0.395 e. The first-order valence-corrected chi connectivity index (χ1v) is 11.0. The van der Waals surface area contributed by atoms with E-state index in [4.69, 9.17) is 4.98 Å². The molecule has 7 nitrogen and oxygen atoms in total. The third-order valence-electron chi connectivity index (χ3n) is 5.06. The van der Waals surface area contributed by atoms with Gasteiger partial charge in [0.1, 0.15) is 11.5 Å². The Morgan fingerprint density at radius 3 is 2.66 bits per heavy atom. The number of nitrogens with zero attached hydrogens (tertiary/aromatic N) is 5. The van der Waals surface area contributed by atoms with Gasteiger partial charge in [-0.1, -0.05) is 6.07 Å². The quantitative estimate of drug-likeness (QED) is 0.460. The van der Waals surface area contributed by atoms with Crippen molar-refractivity contribution in [3.63, 3.8) is 0 Å². The van der Waals surface area contributed by atoms with Crippen LogP contribution in [0.4, 0.5) is 4.39 Å². The molecule has 1 aromatic carbocycles. The van der Waals surface area contributed by atoms with Crippen LogP contribution in [0.15, 0.2) is 54.2 Å². The molecule has 1 N–H and O–H groups in total. The van der Waals surface area contributed by atoms with Crippen molar-refractivity contribution in [1.82, 2.24) is 24.6 Å². The molecule has 0 fully saturated rings. The number of rotatable bonds is 7. The molecule has 0 saturated heterocycles. The molecule has 0 atom stereocenters. The number of thiophene rings is 1. The van der Waals surface area contributed by atoms with Crippen LogP contribution in [0.1, 0.15) is 22.8 Å². The van der Waals surface area contributed by atoms with Crippen molar-refractivity contribution >= 4 is 17.2 Å². The average Bonchev–Trinajstić information content (AvgIpc) is 3.48. The standard InChI is InChI=1S/C23H22FN5O2S/c1-3-28(10-11-30)22(31)18-14-26-29(21(18)19-5-4-12-32-19)23-25-13-15(2)20(27-23)16-6-8-17(24)9-7-16/h4-9,12-14,30H,3,10-11H2,1-2H3. The highest BCUT2D eigenvalue weighted by molar-refractivity contribution is 7.13. The van der Waals surface area contributed by atoms with Gasteiger partial charge in [-0.2, -0.15) is 9.78 Å². The lowest BCUT2D eigenvalue weighted by Gasteiger charge is -2.19. The number of likely N-dealkylation sites (N-methyl/N-ethyl adjacent to an activating group) is 1. The first kappa shape index (κ1) is 21.8. The van der Waals surface area contributed by atoms with Crippen LogP contribution in [0.25, 0.3) is 27.8 Å². The summed E-state index contributed by atoms with van der Waals surface area (Å²) in [7, 11) is 0. The van der Waals surface area contributed by atoms with Gasteiger partial charge in [0, 0.05) is 24.8 Å². The van der Waals surface area contributed by atoms with Gasteiger partial charge in [-0.05, 0) is 55.1 Å². The summed E-state index contributed by atoms with van der Waals surface area (Å²) in [6, 6.07) is 9.92. The molecule has 4 rings (SSSR count). The number of aryl methyl sites for hydroxylation is 1. The van der Waals surface area contributed by atoms with E-state index in [0.717, 1.165) is 16.0 Å². The number of aliphatic hydroxyl groups is 1. The van der Waals surface area contributed by atoms with Crippen molar-refractivity contribution in [2.75, 3.05) is 19.7 Å². The molecule has 3 aromatic heterocycles. The Balaban J connectivity index is 1.84. The minimum atomic E-state index is -0.320. The number of carbonyl (C=O) groups is 1. The molecular formula is C23H22FN5O2S. The van der Waals surface area contributed by atoms with E-state index in [1.54, 1.807) is 27.9 Å². The monoisotopic (exact) mass is 451 g/mol. The summed E-state index contributed by atoms with van der Waals surface area (Å²) in [4.78, 5) is 24.7. The van der Waals surface area contributed by atoms with Crippen molar-refractivity contribution in [3.05, 3.63) is 71.1 Å². The van der Waals surface area contributed by atoms with Crippen LogP contribution in [-0.2, 0) is 0 Å². The van der Waals surface area contributed by atoms with Crippen LogP contribution in [0.5, 0.6) is 0 Å². The fourth-order valence-corrected chi connectivity index (χ4v) is 4.21. The Bertz CT molecular complexity index is 1220. The lowest BCUT2D eigenvalue weighted by atomic mass is 10.1. The fourth-order valence-electron chi connectivity index (χ4n) is 3.44. The Morgan fingerprint density at radius 2 is 2.00 bits per heavy atom. The average molecular weight is 452 g/mol. The summed E-state index contributed by atoms with van der Waals surface area (Å²) in [6.07, 6.45) is 3.20. The van der Waals surface area contributed by atoms with Crippen molar-refractivity contribution < 1.29 is 14.3 Å². The van der Waals surface area contributed by atoms with Crippen LogP contribution >= 0.6 is 11.3 Å². The number of aromatic nitrogens is 4. The maximum Gasteiger partial charge on any atom is 0.257 e. The highest BCUT2D eigenvalue weighted by Crippen LogP contribution is 2.31. The number of hydrogen-bond acceptors (Lipinski definition) is 6. The number of carbonyl (C=O) groups excluding carboxylic acids is 1. The lowest BCUT2D eigenvalue weighted by molar-refractivity contribution is 0.0733. The molecule has 0 unspecified atom stereocenters. The molecule has 3 heterocycles. The molecule has 1 amide bonds. The molecule has 0 radical (unpaired) electrons. The molecule has 0 bridgehead atoms. The molecule has 9 heteroatoms. The second-order valence-electron chi connectivity index (χ2n) is 7.11. The van der Waals surface area contributed by atoms with E-state index in [1.807, 2.05) is 31.4 Å². The SMILES string of the molecule is CCN(CCO)C(=O)c1cnn(-c2ncc(C)c(-c3ccc(F)cc3)n2)c1-c1cccs1. The minimum Gasteiger partial charge on any atom is -0.395 e. The normalized spacial score (nSPS) is 11.0. The summed E-state index contributed by atoms with van der Waals surface area (Å²) in [5.74, 6) is -0.232. The lowest BCUT2D eigenvalue weighted by Crippen LogP contribution is -2.33. The van der Waals surface area contributed by atoms with Gasteiger partial charge >= 0.3 is 0 Å². The van der Waals surface area contributed by atoms with Crippen LogP contribution in [0.3, 0.4) is 0 Å². The summed E-state index contributed by atoms with van der Waals surface area (Å²) in [5.41, 5.74) is 3.26. The van der Waals surface area contributed by atoms with E-state index >= 15 is 0 Å². The van der Waals surface area contributed by atoms with Gasteiger partial charge in [0.15, 0.2) is 0 Å². The van der Waals surface area contributed by atoms with Crippen molar-refractivity contribution in [3.8, 4) is 27.8 Å². The van der Waals surface area contributed by atoms with Crippen molar-refractivity contribution in [2.45, 2.75) is 13.8 Å². The van der Waals surface area contributed by atoms with E-state index in [0.29, 0.717) is 29.4 Å². The van der Waals surface area contributed by atoms with Gasteiger partial charge in [0.25, 0.3) is 11.9 Å². The second-order valence-corrected chi connectivity index (χ2v) is 8.06. The van der Waals surface area contributed by atoms with E-state index in [2.05, 4.69) is 10.1 Å². The summed E-state index contributed by atoms with van der Waals surface area (Å²) >= 11 is 1.48. The maximum absolute atomic E-state index is 13.4. The molecule has 0 spiro atoms. The molecule has 0 aliphatic rings. The zero-order valence-corrected chi connectivity index (χ0v) is 18.5. The minimum absolute atomic E-state index is 0.121. The van der Waals surface area contributed by atoms with E-state index in [1.165, 1.54) is 29.7 Å². The summed E-state index contributed by atoms with van der Waals surface area (Å²) in [5, 5.41) is 15.7. The van der Waals surface area contributed by atoms with Crippen molar-refractivity contribution in [2.24, 2.45) is 0 Å². The third-order valence-corrected chi connectivity index (χ3v) is 5.94. The van der Waals surface area contributed by atoms with Crippen LogP contribution in [-0.4, -0.2) is 55.4 Å². The highest BCUT2D eigenvalue weighted by Gasteiger charge is 2.25. The number of benzene rings is 1. The van der Waals surface area contributed by atoms with Crippen LogP contribution in [0, 0.1) is 12.7 Å². The number of halogens is 1. The number of amides is 1. The van der Waals surface area contributed by atoms with Gasteiger partial charge in [0.05, 0.1) is 28.9 Å². The van der Waals surface area contributed by atoms with E-state index in [-0.39, 0.29) is 24.9 Å². The topological polar surface area (TPSA) is 84.1 Å². The molecule has 164 valence electrons. The Kier molecular flexibility index (Phi) is 6.38. The molecular weight excluding hydrogens is 429 g/mol. The van der Waals surface area contributed by atoms with Crippen LogP contribution in [0.2, 0.25) is 0 Å². The predicted octanol–water partition coefficient (Wildman–Crippen LogP) is 3.96. The zero-order valence-electron chi connectivity index (χ0n) is 17.7. The van der Waals surface area contributed by atoms with Gasteiger partial charge in [-0.25, -0.2) is 14.4 Å². The second kappa shape index (κ2) is 9.37. The Morgan fingerprint density at radius 1 is 1.22 bits per heavy atom. The smallest absolute Gasteiger partial charge is 0.257 e. The molecule has 32 heavy (non-hydrogen) atoms. The highest BCUT2D eigenvalue weighted by atomic mass is 32.1. The maximum atomic E-state index is 13.4. The van der Waals surface area contributed by atoms with Gasteiger partial charge in [-0.3, -0.25) is 4.79 Å². The van der Waals surface area contributed by atoms with Gasteiger partial charge < -0.3 is 10.0 Å². The number of hydrogen-bond donors (Lipinski definition) is 1. The first-order valence-electron chi connectivity index (χ1n) is 10.2. The Labute approximate surface area is 188 Å². The van der Waals surface area contributed by atoms with E-state index in [9.17, 15) is 14.3 Å². The zero-order chi connectivity index (χ0) is 22.7.